The Hall–Kier alpha value is -5.28. The minimum absolute atomic E-state index is 0.0396. The van der Waals surface area contributed by atoms with Crippen LogP contribution in [0.4, 0.5) is 0 Å². The topological polar surface area (TPSA) is 34.4 Å². The number of fused-ring (bicyclic) bond motifs is 4. The number of aromatic nitrogens is 2. The van der Waals surface area contributed by atoms with Crippen LogP contribution in [0.5, 0.6) is 0 Å². The smallest absolute Gasteiger partial charge is 0.264 e. The minimum Gasteiger partial charge on any atom is -0.268 e. The van der Waals surface area contributed by atoms with Crippen molar-refractivity contribution in [2.45, 2.75) is 0 Å². The third kappa shape index (κ3) is 3.23. The van der Waals surface area contributed by atoms with Gasteiger partial charge < -0.3 is 0 Å². The van der Waals surface area contributed by atoms with Gasteiger partial charge in [0.2, 0.25) is 0 Å². The molecule has 3 nitrogen and oxygen atoms in total. The molecule has 8 aromatic rings. The summed E-state index contributed by atoms with van der Waals surface area (Å²) < 4.78 is 1.80. The monoisotopic (exact) mass is 498 g/mol. The Bertz CT molecular complexity index is 2220. The zero-order valence-electron chi connectivity index (χ0n) is 21.0. The number of imidazole rings is 1. The molecule has 2 heterocycles. The van der Waals surface area contributed by atoms with E-state index in [2.05, 4.69) is 84.9 Å². The van der Waals surface area contributed by atoms with Crippen molar-refractivity contribution in [3.05, 3.63) is 144 Å². The van der Waals surface area contributed by atoms with Crippen molar-refractivity contribution < 1.29 is 0 Å². The van der Waals surface area contributed by atoms with Crippen molar-refractivity contribution in [3.63, 3.8) is 0 Å². The van der Waals surface area contributed by atoms with Gasteiger partial charge in [0.1, 0.15) is 5.65 Å². The van der Waals surface area contributed by atoms with Gasteiger partial charge >= 0.3 is 0 Å². The van der Waals surface area contributed by atoms with Gasteiger partial charge in [-0.3, -0.25) is 9.20 Å². The molecular formula is C36H22N2O. The molecule has 6 aromatic carbocycles. The quantitative estimate of drug-likeness (QED) is 0.244. The number of hydrogen-bond acceptors (Lipinski definition) is 2. The Morgan fingerprint density at radius 2 is 1.05 bits per heavy atom. The molecule has 0 saturated carbocycles. The van der Waals surface area contributed by atoms with Crippen LogP contribution in [0, 0.1) is 0 Å². The van der Waals surface area contributed by atoms with Crippen LogP contribution in [0.1, 0.15) is 0 Å². The van der Waals surface area contributed by atoms with E-state index in [0.717, 1.165) is 60.6 Å². The summed E-state index contributed by atoms with van der Waals surface area (Å²) >= 11 is 0. The van der Waals surface area contributed by atoms with Gasteiger partial charge in [0.15, 0.2) is 0 Å². The molecule has 182 valence electrons. The van der Waals surface area contributed by atoms with E-state index in [1.807, 2.05) is 48.5 Å². The van der Waals surface area contributed by atoms with E-state index in [-0.39, 0.29) is 5.56 Å². The van der Waals surface area contributed by atoms with Crippen LogP contribution in [0.3, 0.4) is 0 Å². The lowest BCUT2D eigenvalue weighted by molar-refractivity contribution is 1.19. The molecule has 39 heavy (non-hydrogen) atoms. The van der Waals surface area contributed by atoms with Crippen LogP contribution in [0.25, 0.3) is 71.6 Å². The second-order valence-electron chi connectivity index (χ2n) is 9.95. The number of rotatable bonds is 3. The average Bonchev–Trinajstić information content (AvgIpc) is 3.39. The summed E-state index contributed by atoms with van der Waals surface area (Å²) in [5, 5.41) is 3.73. The largest absolute Gasteiger partial charge is 0.268 e. The first-order chi connectivity index (χ1) is 19.3. The van der Waals surface area contributed by atoms with Crippen molar-refractivity contribution >= 4 is 38.2 Å². The van der Waals surface area contributed by atoms with Gasteiger partial charge in [-0.2, -0.15) is 0 Å². The van der Waals surface area contributed by atoms with Gasteiger partial charge in [0, 0.05) is 16.2 Å². The Morgan fingerprint density at radius 3 is 1.69 bits per heavy atom. The lowest BCUT2D eigenvalue weighted by Gasteiger charge is -2.12. The molecule has 3 heteroatoms. The fraction of sp³-hybridized carbons (Fsp3) is 0. The van der Waals surface area contributed by atoms with Crippen LogP contribution in [-0.4, -0.2) is 9.38 Å². The van der Waals surface area contributed by atoms with Crippen molar-refractivity contribution in [2.75, 3.05) is 0 Å². The zero-order chi connectivity index (χ0) is 25.9. The Balaban J connectivity index is 1.51. The molecule has 0 aliphatic carbocycles. The summed E-state index contributed by atoms with van der Waals surface area (Å²) in [5.41, 5.74) is 8.94. The van der Waals surface area contributed by atoms with Gasteiger partial charge in [-0.25, -0.2) is 4.98 Å². The third-order valence-electron chi connectivity index (χ3n) is 7.76. The van der Waals surface area contributed by atoms with Gasteiger partial charge in [-0.15, -0.1) is 0 Å². The zero-order valence-corrected chi connectivity index (χ0v) is 21.0. The molecule has 2 aromatic heterocycles. The first-order valence-electron chi connectivity index (χ1n) is 13.1. The summed E-state index contributed by atoms with van der Waals surface area (Å²) in [6.45, 7) is 0. The predicted octanol–water partition coefficient (Wildman–Crippen LogP) is 8.59. The summed E-state index contributed by atoms with van der Waals surface area (Å²) in [4.78, 5) is 19.2. The van der Waals surface area contributed by atoms with E-state index in [1.165, 1.54) is 0 Å². The molecule has 0 N–H and O–H groups in total. The van der Waals surface area contributed by atoms with E-state index >= 15 is 0 Å². The van der Waals surface area contributed by atoms with Crippen LogP contribution in [0.15, 0.2) is 138 Å². The van der Waals surface area contributed by atoms with E-state index in [1.54, 1.807) is 4.40 Å². The molecule has 0 atom stereocenters. The molecular weight excluding hydrogens is 476 g/mol. The highest BCUT2D eigenvalue weighted by molar-refractivity contribution is 6.19. The number of pyridine rings is 1. The Morgan fingerprint density at radius 1 is 0.487 bits per heavy atom. The van der Waals surface area contributed by atoms with Crippen molar-refractivity contribution in [1.82, 2.24) is 9.38 Å². The standard InChI is InChI=1S/C36H22N2O/c39-36-29-20-19-26(23-11-4-1-5-12-23)27-17-10-18-28(34(27)29)35-37-32-21-30(24-13-6-2-7-14-24)31(22-33(32)38(35)36)25-15-8-3-9-16-25/h1-22H. The maximum Gasteiger partial charge on any atom is 0.264 e. The average molecular weight is 499 g/mol. The second kappa shape index (κ2) is 8.37. The highest BCUT2D eigenvalue weighted by atomic mass is 16.1. The summed E-state index contributed by atoms with van der Waals surface area (Å²) in [7, 11) is 0. The van der Waals surface area contributed by atoms with Crippen LogP contribution >= 0.6 is 0 Å². The van der Waals surface area contributed by atoms with E-state index < -0.39 is 0 Å². The first kappa shape index (κ1) is 21.8. The van der Waals surface area contributed by atoms with Crippen LogP contribution in [0.2, 0.25) is 0 Å². The molecule has 0 amide bonds. The molecule has 0 aliphatic rings. The fourth-order valence-electron chi connectivity index (χ4n) is 5.98. The predicted molar refractivity (Wildman–Crippen MR) is 161 cm³/mol. The van der Waals surface area contributed by atoms with E-state index in [0.29, 0.717) is 11.0 Å². The number of hydrogen-bond donors (Lipinski definition) is 0. The summed E-state index contributed by atoms with van der Waals surface area (Å²) in [5.74, 6) is 0. The first-order valence-corrected chi connectivity index (χ1v) is 13.1. The van der Waals surface area contributed by atoms with Gasteiger partial charge in [0.25, 0.3) is 5.56 Å². The highest BCUT2D eigenvalue weighted by Gasteiger charge is 2.20. The third-order valence-corrected chi connectivity index (χ3v) is 7.76. The molecule has 8 rings (SSSR count). The number of benzene rings is 6. The SMILES string of the molecule is O=c1c2ccc(-c3ccccc3)c3cccc(c32)c2nc3cc(-c4ccccc4)c(-c4ccccc4)cc3n12. The minimum atomic E-state index is -0.0396. The van der Waals surface area contributed by atoms with E-state index in [4.69, 9.17) is 4.98 Å². The molecule has 0 unspecified atom stereocenters. The molecule has 0 radical (unpaired) electrons. The van der Waals surface area contributed by atoms with Crippen molar-refractivity contribution in [3.8, 4) is 33.4 Å². The molecule has 0 aliphatic heterocycles. The van der Waals surface area contributed by atoms with Gasteiger partial charge in [-0.1, -0.05) is 115 Å². The fourth-order valence-corrected chi connectivity index (χ4v) is 5.98. The lowest BCUT2D eigenvalue weighted by atomic mass is 9.93. The normalized spacial score (nSPS) is 11.7. The van der Waals surface area contributed by atoms with Crippen LogP contribution in [-0.2, 0) is 0 Å². The summed E-state index contributed by atoms with van der Waals surface area (Å²) in [6.07, 6.45) is 0. The van der Waals surface area contributed by atoms with Gasteiger partial charge in [-0.05, 0) is 57.0 Å². The number of nitrogens with zero attached hydrogens (tertiary/aromatic N) is 2. The van der Waals surface area contributed by atoms with Crippen LogP contribution < -0.4 is 5.56 Å². The highest BCUT2D eigenvalue weighted by Crippen LogP contribution is 2.39. The lowest BCUT2D eigenvalue weighted by Crippen LogP contribution is -2.13. The molecule has 0 fully saturated rings. The van der Waals surface area contributed by atoms with Crippen molar-refractivity contribution in [1.29, 1.82) is 0 Å². The summed E-state index contributed by atoms with van der Waals surface area (Å²) in [6, 6.07) is 45.6. The molecule has 0 bridgehead atoms. The van der Waals surface area contributed by atoms with Crippen molar-refractivity contribution in [2.24, 2.45) is 0 Å². The molecule has 0 saturated heterocycles. The van der Waals surface area contributed by atoms with E-state index in [9.17, 15) is 4.79 Å². The molecule has 0 spiro atoms. The second-order valence-corrected chi connectivity index (χ2v) is 9.95. The maximum atomic E-state index is 14.1. The Labute approximate surface area is 224 Å². The van der Waals surface area contributed by atoms with Gasteiger partial charge in [0.05, 0.1) is 11.0 Å². The Kier molecular flexibility index (Phi) is 4.67. The maximum absolute atomic E-state index is 14.1.